The summed E-state index contributed by atoms with van der Waals surface area (Å²) in [5, 5.41) is 0.256. The molecule has 0 fully saturated rings. The van der Waals surface area contributed by atoms with E-state index in [2.05, 4.69) is 24.6 Å². The third-order valence-corrected chi connectivity index (χ3v) is 4.60. The molecule has 0 aromatic carbocycles. The van der Waals surface area contributed by atoms with Gasteiger partial charge in [0, 0.05) is 14.7 Å². The molecule has 19 heavy (non-hydrogen) atoms. The highest BCUT2D eigenvalue weighted by molar-refractivity contribution is 6.76. The van der Waals surface area contributed by atoms with Crippen LogP contribution in [0.15, 0.2) is 0 Å². The molecule has 0 aliphatic heterocycles. The van der Waals surface area contributed by atoms with Gasteiger partial charge in [-0.25, -0.2) is 0 Å². The molecule has 0 unspecified atom stereocenters. The second kappa shape index (κ2) is 7.07. The number of hydrogen-bond acceptors (Lipinski definition) is 4. The van der Waals surface area contributed by atoms with Crippen LogP contribution < -0.4 is 4.74 Å². The Bertz CT molecular complexity index is 429. The highest BCUT2D eigenvalue weighted by Crippen LogP contribution is 2.22. The summed E-state index contributed by atoms with van der Waals surface area (Å²) in [5.41, 5.74) is 0.180. The van der Waals surface area contributed by atoms with Crippen molar-refractivity contribution in [1.82, 2.24) is 9.55 Å². The first-order valence-corrected chi connectivity index (χ1v) is 10.4. The van der Waals surface area contributed by atoms with Crippen LogP contribution in [0.5, 0.6) is 6.01 Å². The number of imidazole rings is 1. The maximum Gasteiger partial charge on any atom is 0.300 e. The predicted octanol–water partition coefficient (Wildman–Crippen LogP) is 3.06. The second-order valence-electron chi connectivity index (χ2n) is 5.40. The van der Waals surface area contributed by atoms with Crippen molar-refractivity contribution < 1.29 is 14.3 Å². The Hall–Kier alpha value is -0.853. The summed E-state index contributed by atoms with van der Waals surface area (Å²) in [6, 6.07) is 1.40. The number of halogens is 1. The van der Waals surface area contributed by atoms with Gasteiger partial charge in [0.1, 0.15) is 17.6 Å². The van der Waals surface area contributed by atoms with E-state index in [4.69, 9.17) is 21.1 Å². The van der Waals surface area contributed by atoms with Crippen molar-refractivity contribution in [3.8, 4) is 6.01 Å². The molecule has 7 heteroatoms. The smallest absolute Gasteiger partial charge is 0.300 e. The van der Waals surface area contributed by atoms with E-state index in [0.717, 1.165) is 6.04 Å². The van der Waals surface area contributed by atoms with Gasteiger partial charge in [0.15, 0.2) is 6.29 Å². The highest BCUT2D eigenvalue weighted by Gasteiger charge is 2.17. The molecular weight excluding hydrogens is 284 g/mol. The molecule has 0 saturated carbocycles. The number of aromatic nitrogens is 2. The summed E-state index contributed by atoms with van der Waals surface area (Å²) in [6.07, 6.45) is 0.615. The van der Waals surface area contributed by atoms with Crippen LogP contribution in [0.4, 0.5) is 0 Å². The van der Waals surface area contributed by atoms with Gasteiger partial charge in [0.2, 0.25) is 0 Å². The Balaban J connectivity index is 2.65. The topological polar surface area (TPSA) is 53.3 Å². The lowest BCUT2D eigenvalue weighted by Crippen LogP contribution is -2.22. The normalized spacial score (nSPS) is 11.6. The minimum Gasteiger partial charge on any atom is -0.465 e. The molecule has 0 radical (unpaired) electrons. The third-order valence-electron chi connectivity index (χ3n) is 2.50. The van der Waals surface area contributed by atoms with Gasteiger partial charge >= 0.3 is 0 Å². The van der Waals surface area contributed by atoms with E-state index in [1.807, 2.05) is 6.92 Å². The van der Waals surface area contributed by atoms with E-state index in [1.54, 1.807) is 4.57 Å². The molecule has 1 rings (SSSR count). The van der Waals surface area contributed by atoms with Gasteiger partial charge in [-0.05, 0) is 13.0 Å². The van der Waals surface area contributed by atoms with Gasteiger partial charge < -0.3 is 9.47 Å². The molecule has 0 N–H and O–H groups in total. The minimum atomic E-state index is -1.11. The summed E-state index contributed by atoms with van der Waals surface area (Å²) >= 11 is 6.05. The van der Waals surface area contributed by atoms with E-state index >= 15 is 0 Å². The average Bonchev–Trinajstić information content (AvgIpc) is 2.61. The number of hydrogen-bond donors (Lipinski definition) is 0. The van der Waals surface area contributed by atoms with Gasteiger partial charge in [-0.2, -0.15) is 4.98 Å². The first kappa shape index (κ1) is 16.2. The maximum atomic E-state index is 10.8. The highest BCUT2D eigenvalue weighted by atomic mass is 35.5. The number of carbonyl (C=O) groups excluding carboxylic acids is 1. The van der Waals surface area contributed by atoms with Crippen LogP contribution in [0.3, 0.4) is 0 Å². The Morgan fingerprint density at radius 3 is 2.63 bits per heavy atom. The van der Waals surface area contributed by atoms with Crippen molar-refractivity contribution in [3.63, 3.8) is 0 Å². The van der Waals surface area contributed by atoms with E-state index in [9.17, 15) is 4.79 Å². The van der Waals surface area contributed by atoms with Crippen molar-refractivity contribution in [2.75, 3.05) is 13.2 Å². The van der Waals surface area contributed by atoms with Gasteiger partial charge in [0.05, 0.1) is 6.61 Å². The van der Waals surface area contributed by atoms with Crippen molar-refractivity contribution in [2.24, 2.45) is 0 Å². The number of carbonyl (C=O) groups is 1. The van der Waals surface area contributed by atoms with Crippen LogP contribution in [0.2, 0.25) is 30.8 Å². The summed E-state index contributed by atoms with van der Waals surface area (Å²) in [7, 11) is -1.11. The molecule has 5 nitrogen and oxygen atoms in total. The zero-order valence-corrected chi connectivity index (χ0v) is 13.7. The molecule has 0 aliphatic rings. The third kappa shape index (κ3) is 4.97. The number of ether oxygens (including phenoxy) is 2. The lowest BCUT2D eigenvalue weighted by Gasteiger charge is -2.16. The van der Waals surface area contributed by atoms with Crippen LogP contribution >= 0.6 is 11.6 Å². The Morgan fingerprint density at radius 1 is 1.42 bits per heavy atom. The van der Waals surface area contributed by atoms with Crippen LogP contribution in [-0.2, 0) is 11.5 Å². The van der Waals surface area contributed by atoms with E-state index in [0.29, 0.717) is 25.5 Å². The van der Waals surface area contributed by atoms with E-state index in [1.165, 1.54) is 0 Å². The Labute approximate surface area is 119 Å². The van der Waals surface area contributed by atoms with E-state index in [-0.39, 0.29) is 17.6 Å². The zero-order chi connectivity index (χ0) is 14.5. The maximum absolute atomic E-state index is 10.8. The SMILES string of the molecule is CCOc1nc(C=O)c(Cl)n1COCC[Si](C)(C)C. The molecule has 108 valence electrons. The average molecular weight is 305 g/mol. The molecule has 0 atom stereocenters. The van der Waals surface area contributed by atoms with Gasteiger partial charge in [-0.1, -0.05) is 31.2 Å². The minimum absolute atomic E-state index is 0.180. The van der Waals surface area contributed by atoms with Crippen molar-refractivity contribution >= 4 is 26.0 Å². The Kier molecular flexibility index (Phi) is 6.03. The van der Waals surface area contributed by atoms with Crippen molar-refractivity contribution in [1.29, 1.82) is 0 Å². The number of rotatable bonds is 8. The molecule has 0 saturated heterocycles. The molecule has 1 aromatic heterocycles. The Morgan fingerprint density at radius 2 is 2.11 bits per heavy atom. The molecule has 0 bridgehead atoms. The molecule has 0 amide bonds. The predicted molar refractivity (Wildman–Crippen MR) is 77.9 cm³/mol. The standard InChI is InChI=1S/C12H21ClN2O3Si/c1-5-18-12-14-10(8-16)11(13)15(12)9-17-6-7-19(2,3)4/h8H,5-7,9H2,1-4H3. The van der Waals surface area contributed by atoms with Crippen LogP contribution in [0, 0.1) is 0 Å². The van der Waals surface area contributed by atoms with Crippen LogP contribution in [0.25, 0.3) is 0 Å². The van der Waals surface area contributed by atoms with Gasteiger partial charge in [-0.3, -0.25) is 9.36 Å². The quantitative estimate of drug-likeness (QED) is 0.421. The van der Waals surface area contributed by atoms with Crippen LogP contribution in [-0.4, -0.2) is 37.1 Å². The molecule has 0 aliphatic carbocycles. The summed E-state index contributed by atoms with van der Waals surface area (Å²) in [6.45, 7) is 10.1. The van der Waals surface area contributed by atoms with Crippen molar-refractivity contribution in [3.05, 3.63) is 10.8 Å². The van der Waals surface area contributed by atoms with Gasteiger partial charge in [-0.15, -0.1) is 0 Å². The fraction of sp³-hybridized carbons (Fsp3) is 0.667. The molecular formula is C12H21ClN2O3Si. The zero-order valence-electron chi connectivity index (χ0n) is 11.9. The van der Waals surface area contributed by atoms with Crippen LogP contribution in [0.1, 0.15) is 17.4 Å². The lowest BCUT2D eigenvalue weighted by atomic mass is 10.5. The molecule has 1 heterocycles. The van der Waals surface area contributed by atoms with Crippen molar-refractivity contribution in [2.45, 2.75) is 39.3 Å². The fourth-order valence-corrected chi connectivity index (χ4v) is 2.36. The summed E-state index contributed by atoms with van der Waals surface area (Å²) in [4.78, 5) is 14.8. The summed E-state index contributed by atoms with van der Waals surface area (Å²) in [5.74, 6) is 0. The monoisotopic (exact) mass is 304 g/mol. The number of aldehydes is 1. The second-order valence-corrected chi connectivity index (χ2v) is 11.4. The largest absolute Gasteiger partial charge is 0.465 e. The fourth-order valence-electron chi connectivity index (χ4n) is 1.39. The number of nitrogens with zero attached hydrogens (tertiary/aromatic N) is 2. The van der Waals surface area contributed by atoms with Gasteiger partial charge in [0.25, 0.3) is 6.01 Å². The lowest BCUT2D eigenvalue weighted by molar-refractivity contribution is 0.0795. The molecule has 0 spiro atoms. The first-order valence-electron chi connectivity index (χ1n) is 6.30. The summed E-state index contributed by atoms with van der Waals surface area (Å²) < 4.78 is 12.5. The van der Waals surface area contributed by atoms with E-state index < -0.39 is 8.07 Å². The first-order chi connectivity index (χ1) is 8.89. The molecule has 1 aromatic rings.